The standard InChI is InChI=1S/C22H26O2.H2O2/c1-21(2,19(23)17-11-7-5-8-12-17)15-16-22(3,4)20(24)18-13-9-6-10-14-18;1-2/h5-14H,15-16H2,1-4H3;1-2H. The van der Waals surface area contributed by atoms with Gasteiger partial charge in [0.05, 0.1) is 0 Å². The molecule has 2 aromatic carbocycles. The van der Waals surface area contributed by atoms with E-state index in [0.29, 0.717) is 12.8 Å². The Morgan fingerprint density at radius 2 is 0.923 bits per heavy atom. The van der Waals surface area contributed by atoms with E-state index in [1.165, 1.54) is 0 Å². The fourth-order valence-electron chi connectivity index (χ4n) is 2.81. The Hall–Kier alpha value is -2.30. The van der Waals surface area contributed by atoms with E-state index in [9.17, 15) is 9.59 Å². The third-order valence-electron chi connectivity index (χ3n) is 4.68. The molecular formula is C22H28O4. The molecule has 0 fully saturated rings. The summed E-state index contributed by atoms with van der Waals surface area (Å²) in [6.45, 7) is 7.85. The molecule has 2 aromatic rings. The van der Waals surface area contributed by atoms with Gasteiger partial charge in [0.25, 0.3) is 0 Å². The van der Waals surface area contributed by atoms with E-state index in [2.05, 4.69) is 0 Å². The first-order valence-corrected chi connectivity index (χ1v) is 8.64. The van der Waals surface area contributed by atoms with Crippen LogP contribution in [0.5, 0.6) is 0 Å². The Morgan fingerprint density at radius 1 is 0.654 bits per heavy atom. The number of hydrogen-bond acceptors (Lipinski definition) is 4. The summed E-state index contributed by atoms with van der Waals surface area (Å²) in [7, 11) is 0. The van der Waals surface area contributed by atoms with Gasteiger partial charge in [-0.05, 0) is 12.8 Å². The zero-order valence-corrected chi connectivity index (χ0v) is 15.9. The molecule has 0 bridgehead atoms. The largest absolute Gasteiger partial charge is 0.294 e. The van der Waals surface area contributed by atoms with Crippen molar-refractivity contribution in [3.63, 3.8) is 0 Å². The first kappa shape index (κ1) is 21.7. The van der Waals surface area contributed by atoms with Crippen LogP contribution in [0.25, 0.3) is 0 Å². The molecule has 0 aliphatic carbocycles. The van der Waals surface area contributed by atoms with Gasteiger partial charge in [0, 0.05) is 22.0 Å². The van der Waals surface area contributed by atoms with Gasteiger partial charge in [-0.2, -0.15) is 0 Å². The molecule has 26 heavy (non-hydrogen) atoms. The lowest BCUT2D eigenvalue weighted by Gasteiger charge is -2.29. The number of carbonyl (C=O) groups is 2. The summed E-state index contributed by atoms with van der Waals surface area (Å²) in [5, 5.41) is 12.0. The smallest absolute Gasteiger partial charge is 0.168 e. The lowest BCUT2D eigenvalue weighted by Crippen LogP contribution is -2.30. The number of benzene rings is 2. The fraction of sp³-hybridized carbons (Fsp3) is 0.364. The molecule has 4 heteroatoms. The predicted octanol–water partition coefficient (Wildman–Crippen LogP) is 5.60. The first-order chi connectivity index (χ1) is 12.2. The zero-order valence-electron chi connectivity index (χ0n) is 15.9. The molecular weight excluding hydrogens is 328 g/mol. The van der Waals surface area contributed by atoms with Gasteiger partial charge in [-0.1, -0.05) is 88.4 Å². The van der Waals surface area contributed by atoms with Crippen LogP contribution < -0.4 is 0 Å². The molecule has 0 aromatic heterocycles. The topological polar surface area (TPSA) is 74.6 Å². The number of ketones is 2. The van der Waals surface area contributed by atoms with E-state index in [1.807, 2.05) is 88.4 Å². The molecule has 0 atom stereocenters. The molecule has 0 spiro atoms. The monoisotopic (exact) mass is 356 g/mol. The molecule has 0 saturated heterocycles. The quantitative estimate of drug-likeness (QED) is 0.384. The third kappa shape index (κ3) is 5.61. The van der Waals surface area contributed by atoms with E-state index in [-0.39, 0.29) is 11.6 Å². The maximum atomic E-state index is 12.7. The third-order valence-corrected chi connectivity index (χ3v) is 4.68. The Kier molecular flexibility index (Phi) is 7.87. The fourth-order valence-corrected chi connectivity index (χ4v) is 2.81. The maximum Gasteiger partial charge on any atom is 0.168 e. The van der Waals surface area contributed by atoms with E-state index in [0.717, 1.165) is 11.1 Å². The van der Waals surface area contributed by atoms with Gasteiger partial charge in [0.2, 0.25) is 0 Å². The number of Topliss-reactive ketones (excluding diaryl/α,β-unsaturated/α-hetero) is 2. The van der Waals surface area contributed by atoms with E-state index >= 15 is 0 Å². The van der Waals surface area contributed by atoms with E-state index in [1.54, 1.807) is 0 Å². The minimum atomic E-state index is -0.490. The van der Waals surface area contributed by atoms with E-state index < -0.39 is 10.8 Å². The van der Waals surface area contributed by atoms with Crippen LogP contribution in [0, 0.1) is 10.8 Å². The zero-order chi connectivity index (χ0) is 19.8. The van der Waals surface area contributed by atoms with Crippen LogP contribution in [0.2, 0.25) is 0 Å². The van der Waals surface area contributed by atoms with Gasteiger partial charge in [-0.25, -0.2) is 0 Å². The van der Waals surface area contributed by atoms with E-state index in [4.69, 9.17) is 10.5 Å². The maximum absolute atomic E-state index is 12.7. The molecule has 0 aliphatic heterocycles. The van der Waals surface area contributed by atoms with Crippen LogP contribution in [-0.2, 0) is 0 Å². The Morgan fingerprint density at radius 3 is 1.19 bits per heavy atom. The summed E-state index contributed by atoms with van der Waals surface area (Å²) in [5.41, 5.74) is 0.481. The number of carbonyl (C=O) groups excluding carboxylic acids is 2. The van der Waals surface area contributed by atoms with Crippen LogP contribution in [0.15, 0.2) is 60.7 Å². The van der Waals surface area contributed by atoms with Crippen LogP contribution in [0.3, 0.4) is 0 Å². The van der Waals surface area contributed by atoms with Gasteiger partial charge in [-0.3, -0.25) is 20.1 Å². The molecule has 0 unspecified atom stereocenters. The average molecular weight is 356 g/mol. The molecule has 0 saturated carbocycles. The van der Waals surface area contributed by atoms with Gasteiger partial charge in [-0.15, -0.1) is 0 Å². The molecule has 2 rings (SSSR count). The summed E-state index contributed by atoms with van der Waals surface area (Å²) in [6, 6.07) is 18.7. The second-order valence-corrected chi connectivity index (χ2v) is 7.66. The highest BCUT2D eigenvalue weighted by atomic mass is 17.0. The van der Waals surface area contributed by atoms with Crippen LogP contribution in [-0.4, -0.2) is 22.1 Å². The van der Waals surface area contributed by atoms with Crippen molar-refractivity contribution in [2.45, 2.75) is 40.5 Å². The lowest BCUT2D eigenvalue weighted by molar-refractivity contribution is -0.176. The van der Waals surface area contributed by atoms with Gasteiger partial charge >= 0.3 is 0 Å². The van der Waals surface area contributed by atoms with Crippen LogP contribution >= 0.6 is 0 Å². The Balaban J connectivity index is 0.00000163. The van der Waals surface area contributed by atoms with Crippen LogP contribution in [0.1, 0.15) is 61.3 Å². The van der Waals surface area contributed by atoms with Crippen molar-refractivity contribution in [1.82, 2.24) is 0 Å². The highest BCUT2D eigenvalue weighted by Crippen LogP contribution is 2.35. The highest BCUT2D eigenvalue weighted by molar-refractivity contribution is 6.01. The van der Waals surface area contributed by atoms with Crippen molar-refractivity contribution in [1.29, 1.82) is 0 Å². The molecule has 140 valence electrons. The van der Waals surface area contributed by atoms with Crippen molar-refractivity contribution >= 4 is 11.6 Å². The minimum absolute atomic E-state index is 0.131. The van der Waals surface area contributed by atoms with Crippen molar-refractivity contribution < 1.29 is 20.1 Å². The number of hydrogen-bond donors (Lipinski definition) is 2. The van der Waals surface area contributed by atoms with Crippen molar-refractivity contribution in [3.8, 4) is 0 Å². The SMILES string of the molecule is CC(C)(CCC(C)(C)C(=O)c1ccccc1)C(=O)c1ccccc1.OO. The van der Waals surface area contributed by atoms with Gasteiger partial charge in [0.15, 0.2) is 11.6 Å². The normalized spacial score (nSPS) is 11.3. The average Bonchev–Trinajstić information content (AvgIpc) is 2.68. The Labute approximate surface area is 155 Å². The second-order valence-electron chi connectivity index (χ2n) is 7.66. The van der Waals surface area contributed by atoms with Gasteiger partial charge < -0.3 is 0 Å². The van der Waals surface area contributed by atoms with Crippen molar-refractivity contribution in [2.75, 3.05) is 0 Å². The molecule has 2 N–H and O–H groups in total. The van der Waals surface area contributed by atoms with Crippen molar-refractivity contribution in [3.05, 3.63) is 71.8 Å². The molecule has 0 radical (unpaired) electrons. The molecule has 0 amide bonds. The second kappa shape index (κ2) is 9.41. The lowest BCUT2D eigenvalue weighted by atomic mass is 9.73. The van der Waals surface area contributed by atoms with Crippen molar-refractivity contribution in [2.24, 2.45) is 10.8 Å². The molecule has 4 nitrogen and oxygen atoms in total. The summed E-state index contributed by atoms with van der Waals surface area (Å²) in [6.07, 6.45) is 1.35. The predicted molar refractivity (Wildman–Crippen MR) is 104 cm³/mol. The molecule has 0 aliphatic rings. The Bertz CT molecular complexity index is 640. The molecule has 0 heterocycles. The number of rotatable bonds is 7. The van der Waals surface area contributed by atoms with Gasteiger partial charge in [0.1, 0.15) is 0 Å². The highest BCUT2D eigenvalue weighted by Gasteiger charge is 2.34. The summed E-state index contributed by atoms with van der Waals surface area (Å²) < 4.78 is 0. The summed E-state index contributed by atoms with van der Waals surface area (Å²) >= 11 is 0. The van der Waals surface area contributed by atoms with Crippen LogP contribution in [0.4, 0.5) is 0 Å². The first-order valence-electron chi connectivity index (χ1n) is 8.64. The minimum Gasteiger partial charge on any atom is -0.294 e. The summed E-state index contributed by atoms with van der Waals surface area (Å²) in [4.78, 5) is 25.5. The summed E-state index contributed by atoms with van der Waals surface area (Å²) in [5.74, 6) is 0.261.